The lowest BCUT2D eigenvalue weighted by Gasteiger charge is -2.30. The second kappa shape index (κ2) is 4.61. The molecule has 2 unspecified atom stereocenters. The Hall–Kier alpha value is -1.55. The number of piperidine rings is 1. The molecular weight excluding hydrogens is 224 g/mol. The number of para-hydroxylation sites is 2. The zero-order valence-corrected chi connectivity index (χ0v) is 11.0. The molecule has 1 aromatic carbocycles. The molecule has 0 bridgehead atoms. The topological polar surface area (TPSA) is 41.9 Å². The van der Waals surface area contributed by atoms with Gasteiger partial charge in [-0.1, -0.05) is 12.1 Å². The zero-order chi connectivity index (χ0) is 12.5. The van der Waals surface area contributed by atoms with Crippen molar-refractivity contribution < 1.29 is 0 Å². The monoisotopic (exact) mass is 244 g/mol. The summed E-state index contributed by atoms with van der Waals surface area (Å²) in [6.07, 6.45) is 2.43. The molecule has 2 aromatic rings. The van der Waals surface area contributed by atoms with Gasteiger partial charge in [-0.05, 0) is 38.4 Å². The van der Waals surface area contributed by atoms with Crippen molar-refractivity contribution in [3.63, 3.8) is 0 Å². The first-order chi connectivity index (χ1) is 8.75. The predicted molar refractivity (Wildman–Crippen MR) is 74.8 cm³/mol. The largest absolute Gasteiger partial charge is 0.351 e. The molecule has 0 spiro atoms. The number of hydrogen-bond acceptors (Lipinski definition) is 3. The van der Waals surface area contributed by atoms with Crippen LogP contribution in [0.2, 0.25) is 0 Å². The van der Waals surface area contributed by atoms with Crippen LogP contribution in [0.4, 0.5) is 5.95 Å². The van der Waals surface area contributed by atoms with E-state index in [1.807, 2.05) is 6.07 Å². The first-order valence-corrected chi connectivity index (χ1v) is 6.67. The SMILES string of the molecule is CC1NCCCC1Nc1nc2ccccc2n1C. The second-order valence-corrected chi connectivity index (χ2v) is 5.12. The van der Waals surface area contributed by atoms with E-state index < -0.39 is 0 Å². The van der Waals surface area contributed by atoms with Gasteiger partial charge in [-0.2, -0.15) is 0 Å². The minimum Gasteiger partial charge on any atom is -0.351 e. The van der Waals surface area contributed by atoms with Gasteiger partial charge in [-0.15, -0.1) is 0 Å². The lowest BCUT2D eigenvalue weighted by molar-refractivity contribution is 0.387. The third-order valence-electron chi connectivity index (χ3n) is 3.86. The summed E-state index contributed by atoms with van der Waals surface area (Å²) < 4.78 is 2.14. The first-order valence-electron chi connectivity index (χ1n) is 6.67. The molecule has 2 N–H and O–H groups in total. The number of fused-ring (bicyclic) bond motifs is 1. The Bertz CT molecular complexity index is 546. The van der Waals surface area contributed by atoms with E-state index in [0.717, 1.165) is 18.0 Å². The van der Waals surface area contributed by atoms with E-state index >= 15 is 0 Å². The number of imidazole rings is 1. The van der Waals surface area contributed by atoms with Crippen LogP contribution in [-0.4, -0.2) is 28.2 Å². The maximum Gasteiger partial charge on any atom is 0.203 e. The minimum absolute atomic E-state index is 0.467. The molecule has 1 aliphatic heterocycles. The van der Waals surface area contributed by atoms with Crippen molar-refractivity contribution in [1.29, 1.82) is 0 Å². The summed E-state index contributed by atoms with van der Waals surface area (Å²) in [5.74, 6) is 0.969. The van der Waals surface area contributed by atoms with E-state index in [4.69, 9.17) is 0 Å². The van der Waals surface area contributed by atoms with Crippen molar-refractivity contribution in [2.24, 2.45) is 7.05 Å². The number of benzene rings is 1. The van der Waals surface area contributed by atoms with Gasteiger partial charge >= 0.3 is 0 Å². The van der Waals surface area contributed by atoms with Crippen molar-refractivity contribution in [2.75, 3.05) is 11.9 Å². The van der Waals surface area contributed by atoms with Crippen LogP contribution in [0.25, 0.3) is 11.0 Å². The van der Waals surface area contributed by atoms with Gasteiger partial charge in [0.1, 0.15) is 0 Å². The molecule has 4 heteroatoms. The van der Waals surface area contributed by atoms with E-state index in [2.05, 4.69) is 52.4 Å². The lowest BCUT2D eigenvalue weighted by Crippen LogP contribution is -2.46. The molecular formula is C14H20N4. The fraction of sp³-hybridized carbons (Fsp3) is 0.500. The van der Waals surface area contributed by atoms with E-state index in [1.54, 1.807) is 0 Å². The quantitative estimate of drug-likeness (QED) is 0.850. The molecule has 2 heterocycles. The number of nitrogens with zero attached hydrogens (tertiary/aromatic N) is 2. The summed E-state index contributed by atoms with van der Waals surface area (Å²) in [5.41, 5.74) is 2.23. The average molecular weight is 244 g/mol. The van der Waals surface area contributed by atoms with E-state index in [9.17, 15) is 0 Å². The normalized spacial score (nSPS) is 24.3. The van der Waals surface area contributed by atoms with Crippen molar-refractivity contribution in [3.8, 4) is 0 Å². The standard InChI is InChI=1S/C14H20N4/c1-10-11(7-5-9-15-10)16-14-17-12-6-3-4-8-13(12)18(14)2/h3-4,6,8,10-11,15H,5,7,9H2,1-2H3,(H,16,17). The molecule has 1 aliphatic rings. The Kier molecular flexibility index (Phi) is 2.96. The van der Waals surface area contributed by atoms with Crippen molar-refractivity contribution in [3.05, 3.63) is 24.3 Å². The molecule has 96 valence electrons. The number of anilines is 1. The van der Waals surface area contributed by atoms with Gasteiger partial charge in [0, 0.05) is 19.1 Å². The fourth-order valence-corrected chi connectivity index (χ4v) is 2.68. The third-order valence-corrected chi connectivity index (χ3v) is 3.86. The maximum absolute atomic E-state index is 4.66. The Labute approximate surface area is 107 Å². The first kappa shape index (κ1) is 11.5. The summed E-state index contributed by atoms with van der Waals surface area (Å²) in [7, 11) is 2.07. The Morgan fingerprint density at radius 1 is 1.39 bits per heavy atom. The number of aryl methyl sites for hydroxylation is 1. The van der Waals surface area contributed by atoms with Crippen LogP contribution in [-0.2, 0) is 7.05 Å². The number of rotatable bonds is 2. The van der Waals surface area contributed by atoms with E-state index in [-0.39, 0.29) is 0 Å². The highest BCUT2D eigenvalue weighted by Crippen LogP contribution is 2.20. The van der Waals surface area contributed by atoms with Crippen LogP contribution in [0.15, 0.2) is 24.3 Å². The Morgan fingerprint density at radius 2 is 2.22 bits per heavy atom. The van der Waals surface area contributed by atoms with Gasteiger partial charge in [0.2, 0.25) is 5.95 Å². The highest BCUT2D eigenvalue weighted by Gasteiger charge is 2.22. The van der Waals surface area contributed by atoms with Crippen LogP contribution in [0.5, 0.6) is 0 Å². The van der Waals surface area contributed by atoms with Crippen LogP contribution in [0.3, 0.4) is 0 Å². The van der Waals surface area contributed by atoms with Gasteiger partial charge in [0.05, 0.1) is 11.0 Å². The molecule has 0 radical (unpaired) electrons. The van der Waals surface area contributed by atoms with Gasteiger partial charge in [0.25, 0.3) is 0 Å². The molecule has 0 aliphatic carbocycles. The summed E-state index contributed by atoms with van der Waals surface area (Å²) in [6, 6.07) is 9.22. The van der Waals surface area contributed by atoms with Crippen molar-refractivity contribution >= 4 is 17.0 Å². The molecule has 1 aromatic heterocycles. The molecule has 1 fully saturated rings. The van der Waals surface area contributed by atoms with Crippen molar-refractivity contribution in [1.82, 2.24) is 14.9 Å². The fourth-order valence-electron chi connectivity index (χ4n) is 2.68. The highest BCUT2D eigenvalue weighted by molar-refractivity contribution is 5.78. The molecule has 3 rings (SSSR count). The minimum atomic E-state index is 0.467. The predicted octanol–water partition coefficient (Wildman–Crippen LogP) is 2.13. The smallest absolute Gasteiger partial charge is 0.203 e. The van der Waals surface area contributed by atoms with E-state index in [1.165, 1.54) is 18.4 Å². The van der Waals surface area contributed by atoms with Gasteiger partial charge < -0.3 is 15.2 Å². The van der Waals surface area contributed by atoms with Crippen LogP contribution < -0.4 is 10.6 Å². The Morgan fingerprint density at radius 3 is 3.00 bits per heavy atom. The zero-order valence-electron chi connectivity index (χ0n) is 11.0. The van der Waals surface area contributed by atoms with Gasteiger partial charge in [-0.25, -0.2) is 4.98 Å². The summed E-state index contributed by atoms with van der Waals surface area (Å²) in [4.78, 5) is 4.66. The summed E-state index contributed by atoms with van der Waals surface area (Å²) >= 11 is 0. The summed E-state index contributed by atoms with van der Waals surface area (Å²) in [6.45, 7) is 3.36. The maximum atomic E-state index is 4.66. The van der Waals surface area contributed by atoms with Gasteiger partial charge in [0.15, 0.2) is 0 Å². The number of nitrogens with one attached hydrogen (secondary N) is 2. The molecule has 0 saturated carbocycles. The summed E-state index contributed by atoms with van der Waals surface area (Å²) in [5, 5.41) is 7.08. The highest BCUT2D eigenvalue weighted by atomic mass is 15.2. The Balaban J connectivity index is 1.88. The van der Waals surface area contributed by atoms with Crippen LogP contribution in [0.1, 0.15) is 19.8 Å². The molecule has 4 nitrogen and oxygen atoms in total. The van der Waals surface area contributed by atoms with E-state index in [0.29, 0.717) is 12.1 Å². The number of aromatic nitrogens is 2. The molecule has 1 saturated heterocycles. The van der Waals surface area contributed by atoms with Gasteiger partial charge in [-0.3, -0.25) is 0 Å². The third kappa shape index (κ3) is 1.97. The molecule has 2 atom stereocenters. The second-order valence-electron chi connectivity index (χ2n) is 5.12. The van der Waals surface area contributed by atoms with Crippen LogP contribution >= 0.6 is 0 Å². The van der Waals surface area contributed by atoms with Crippen LogP contribution in [0, 0.1) is 0 Å². The average Bonchev–Trinajstić information content (AvgIpc) is 2.70. The molecule has 18 heavy (non-hydrogen) atoms. The van der Waals surface area contributed by atoms with Crippen molar-refractivity contribution in [2.45, 2.75) is 31.8 Å². The molecule has 0 amide bonds. The lowest BCUT2D eigenvalue weighted by atomic mass is 10.0. The number of hydrogen-bond donors (Lipinski definition) is 2.